The molecule has 0 unspecified atom stereocenters. The minimum atomic E-state index is -0.214. The first-order valence-electron chi connectivity index (χ1n) is 5.25. The van der Waals surface area contributed by atoms with Gasteiger partial charge in [0, 0.05) is 22.8 Å². The van der Waals surface area contributed by atoms with Crippen LogP contribution in [0.15, 0.2) is 41.0 Å². The predicted molar refractivity (Wildman–Crippen MR) is 70.4 cm³/mol. The van der Waals surface area contributed by atoms with Crippen LogP contribution in [0.1, 0.15) is 11.1 Å². The monoisotopic (exact) mass is 294 g/mol. The Kier molecular flexibility index (Phi) is 3.74. The Balaban J connectivity index is 2.09. The van der Waals surface area contributed by atoms with E-state index >= 15 is 0 Å². The van der Waals surface area contributed by atoms with Crippen LogP contribution in [0.5, 0.6) is 0 Å². The molecule has 0 aliphatic heterocycles. The average Bonchev–Trinajstić information content (AvgIpc) is 2.30. The van der Waals surface area contributed by atoms with E-state index in [0.717, 1.165) is 15.9 Å². The summed E-state index contributed by atoms with van der Waals surface area (Å²) in [6.45, 7) is 2.41. The van der Waals surface area contributed by atoms with Gasteiger partial charge >= 0.3 is 0 Å². The van der Waals surface area contributed by atoms with Crippen LogP contribution in [0.3, 0.4) is 0 Å². The molecule has 0 radical (unpaired) electrons. The second-order valence-corrected chi connectivity index (χ2v) is 4.72. The third-order valence-electron chi connectivity index (χ3n) is 2.38. The maximum absolute atomic E-state index is 13.5. The van der Waals surface area contributed by atoms with Gasteiger partial charge in [-0.2, -0.15) is 0 Å². The van der Waals surface area contributed by atoms with Gasteiger partial charge in [-0.15, -0.1) is 0 Å². The number of aromatic nitrogens is 1. The molecule has 0 fully saturated rings. The molecule has 0 atom stereocenters. The van der Waals surface area contributed by atoms with Crippen LogP contribution in [0.2, 0.25) is 0 Å². The lowest BCUT2D eigenvalue weighted by Gasteiger charge is -2.07. The largest absolute Gasteiger partial charge is 0.366 e. The van der Waals surface area contributed by atoms with Gasteiger partial charge in [-0.25, -0.2) is 9.37 Å². The van der Waals surface area contributed by atoms with E-state index in [1.54, 1.807) is 18.3 Å². The normalized spacial score (nSPS) is 10.3. The molecule has 1 aromatic heterocycles. The summed E-state index contributed by atoms with van der Waals surface area (Å²) < 4.78 is 14.3. The lowest BCUT2D eigenvalue weighted by molar-refractivity contribution is 0.612. The van der Waals surface area contributed by atoms with Crippen LogP contribution in [0.4, 0.5) is 10.2 Å². The number of anilines is 1. The first kappa shape index (κ1) is 12.0. The van der Waals surface area contributed by atoms with Gasteiger partial charge in [-0.1, -0.05) is 15.9 Å². The Labute approximate surface area is 108 Å². The zero-order valence-corrected chi connectivity index (χ0v) is 11.0. The highest BCUT2D eigenvalue weighted by molar-refractivity contribution is 9.10. The van der Waals surface area contributed by atoms with Crippen LogP contribution in [0, 0.1) is 12.7 Å². The molecule has 17 heavy (non-hydrogen) atoms. The minimum Gasteiger partial charge on any atom is -0.366 e. The van der Waals surface area contributed by atoms with Crippen LogP contribution in [0.25, 0.3) is 0 Å². The highest BCUT2D eigenvalue weighted by atomic mass is 79.9. The third kappa shape index (κ3) is 3.27. The van der Waals surface area contributed by atoms with E-state index in [0.29, 0.717) is 12.1 Å². The van der Waals surface area contributed by atoms with Crippen molar-refractivity contribution < 1.29 is 4.39 Å². The number of benzene rings is 1. The Bertz CT molecular complexity index is 529. The number of nitrogens with one attached hydrogen (secondary N) is 1. The molecule has 0 bridgehead atoms. The topological polar surface area (TPSA) is 24.9 Å². The van der Waals surface area contributed by atoms with Crippen molar-refractivity contribution in [3.63, 3.8) is 0 Å². The van der Waals surface area contributed by atoms with Gasteiger partial charge in [0.25, 0.3) is 0 Å². The fraction of sp³-hybridized carbons (Fsp3) is 0.154. The average molecular weight is 295 g/mol. The zero-order chi connectivity index (χ0) is 12.3. The number of halogens is 2. The summed E-state index contributed by atoms with van der Waals surface area (Å²) in [5.74, 6) is 0.540. The number of aryl methyl sites for hydroxylation is 1. The predicted octanol–water partition coefficient (Wildman–Crippen LogP) is 3.90. The van der Waals surface area contributed by atoms with Crippen LogP contribution >= 0.6 is 15.9 Å². The summed E-state index contributed by atoms with van der Waals surface area (Å²) in [6, 6.07) is 8.74. The first-order chi connectivity index (χ1) is 8.15. The summed E-state index contributed by atoms with van der Waals surface area (Å²) in [6.07, 6.45) is 1.73. The molecule has 0 spiro atoms. The van der Waals surface area contributed by atoms with Crippen LogP contribution in [-0.2, 0) is 6.54 Å². The van der Waals surface area contributed by atoms with E-state index in [1.165, 1.54) is 6.07 Å². The van der Waals surface area contributed by atoms with E-state index < -0.39 is 0 Å². The maximum atomic E-state index is 13.5. The Hall–Kier alpha value is -1.42. The van der Waals surface area contributed by atoms with Crippen molar-refractivity contribution in [2.45, 2.75) is 13.5 Å². The number of nitrogens with zero attached hydrogens (tertiary/aromatic N) is 1. The molecule has 1 heterocycles. The molecule has 2 nitrogen and oxygen atoms in total. The molecule has 0 aliphatic carbocycles. The van der Waals surface area contributed by atoms with Crippen molar-refractivity contribution >= 4 is 21.7 Å². The summed E-state index contributed by atoms with van der Waals surface area (Å²) >= 11 is 3.32. The number of hydrogen-bond acceptors (Lipinski definition) is 2. The smallest absolute Gasteiger partial charge is 0.128 e. The first-order valence-corrected chi connectivity index (χ1v) is 6.05. The third-order valence-corrected chi connectivity index (χ3v) is 2.88. The standard InChI is InChI=1S/C13H12BrFN2/c1-9-4-5-16-13(6-9)17-8-10-7-11(14)2-3-12(10)15/h2-7H,8H2,1H3,(H,16,17). The molecule has 1 N–H and O–H groups in total. The van der Waals surface area contributed by atoms with Crippen molar-refractivity contribution in [2.24, 2.45) is 0 Å². The van der Waals surface area contributed by atoms with Gasteiger partial charge in [0.15, 0.2) is 0 Å². The number of pyridine rings is 1. The molecule has 4 heteroatoms. The Morgan fingerprint density at radius 3 is 2.88 bits per heavy atom. The zero-order valence-electron chi connectivity index (χ0n) is 9.37. The van der Waals surface area contributed by atoms with Crippen molar-refractivity contribution in [3.8, 4) is 0 Å². The molecule has 1 aromatic carbocycles. The molecule has 0 amide bonds. The van der Waals surface area contributed by atoms with Gasteiger partial charge < -0.3 is 5.32 Å². The van der Waals surface area contributed by atoms with E-state index in [9.17, 15) is 4.39 Å². The molecule has 0 saturated heterocycles. The molecule has 2 rings (SSSR count). The Morgan fingerprint density at radius 2 is 2.12 bits per heavy atom. The minimum absolute atomic E-state index is 0.214. The van der Waals surface area contributed by atoms with E-state index in [-0.39, 0.29) is 5.82 Å². The Morgan fingerprint density at radius 1 is 1.29 bits per heavy atom. The quantitative estimate of drug-likeness (QED) is 0.928. The fourth-order valence-electron chi connectivity index (χ4n) is 1.50. The highest BCUT2D eigenvalue weighted by Gasteiger charge is 2.03. The molecular weight excluding hydrogens is 283 g/mol. The van der Waals surface area contributed by atoms with Crippen molar-refractivity contribution in [3.05, 3.63) is 57.9 Å². The summed E-state index contributed by atoms with van der Waals surface area (Å²) in [5, 5.41) is 3.10. The van der Waals surface area contributed by atoms with Gasteiger partial charge in [0.2, 0.25) is 0 Å². The van der Waals surface area contributed by atoms with Crippen molar-refractivity contribution in [1.82, 2.24) is 4.98 Å². The SMILES string of the molecule is Cc1ccnc(NCc2cc(Br)ccc2F)c1. The molecular formula is C13H12BrFN2. The van der Waals surface area contributed by atoms with Gasteiger partial charge in [0.1, 0.15) is 11.6 Å². The van der Waals surface area contributed by atoms with E-state index in [4.69, 9.17) is 0 Å². The van der Waals surface area contributed by atoms with Crippen LogP contribution in [-0.4, -0.2) is 4.98 Å². The van der Waals surface area contributed by atoms with Crippen molar-refractivity contribution in [2.75, 3.05) is 5.32 Å². The molecule has 0 aliphatic rings. The molecule has 0 saturated carbocycles. The van der Waals surface area contributed by atoms with Crippen molar-refractivity contribution in [1.29, 1.82) is 0 Å². The van der Waals surface area contributed by atoms with Gasteiger partial charge in [-0.3, -0.25) is 0 Å². The molecule has 2 aromatic rings. The summed E-state index contributed by atoms with van der Waals surface area (Å²) in [7, 11) is 0. The van der Waals surface area contributed by atoms with Crippen LogP contribution < -0.4 is 5.32 Å². The van der Waals surface area contributed by atoms with E-state index in [1.807, 2.05) is 19.1 Å². The second kappa shape index (κ2) is 5.27. The van der Waals surface area contributed by atoms with Gasteiger partial charge in [0.05, 0.1) is 0 Å². The highest BCUT2D eigenvalue weighted by Crippen LogP contribution is 2.16. The lowest BCUT2D eigenvalue weighted by atomic mass is 10.2. The van der Waals surface area contributed by atoms with E-state index in [2.05, 4.69) is 26.2 Å². The second-order valence-electron chi connectivity index (χ2n) is 3.81. The molecule has 88 valence electrons. The maximum Gasteiger partial charge on any atom is 0.128 e. The van der Waals surface area contributed by atoms with Gasteiger partial charge in [-0.05, 0) is 42.8 Å². The summed E-state index contributed by atoms with van der Waals surface area (Å²) in [5.41, 5.74) is 1.74. The number of hydrogen-bond donors (Lipinski definition) is 1. The number of rotatable bonds is 3. The lowest BCUT2D eigenvalue weighted by Crippen LogP contribution is -2.03. The summed E-state index contributed by atoms with van der Waals surface area (Å²) in [4.78, 5) is 4.16. The fourth-order valence-corrected chi connectivity index (χ4v) is 1.91.